The Morgan fingerprint density at radius 2 is 1.80 bits per heavy atom. The van der Waals surface area contributed by atoms with Gasteiger partial charge in [-0.15, -0.1) is 0 Å². The molecule has 0 bridgehead atoms. The fourth-order valence-corrected chi connectivity index (χ4v) is 5.37. The number of amides is 1. The summed E-state index contributed by atoms with van der Waals surface area (Å²) in [6.07, 6.45) is 2.17. The summed E-state index contributed by atoms with van der Waals surface area (Å²) in [5.74, 6) is -2.74. The number of halogens is 2. The molecule has 3 aromatic carbocycles. The zero-order valence-electron chi connectivity index (χ0n) is 18.3. The lowest BCUT2D eigenvalue weighted by Crippen LogP contribution is -2.47. The summed E-state index contributed by atoms with van der Waals surface area (Å²) < 4.78 is 57.3. The summed E-state index contributed by atoms with van der Waals surface area (Å²) in [4.78, 5) is 17.0. The van der Waals surface area contributed by atoms with Crippen LogP contribution in [0.25, 0.3) is 22.0 Å². The van der Waals surface area contributed by atoms with Crippen molar-refractivity contribution in [3.63, 3.8) is 0 Å². The van der Waals surface area contributed by atoms with Crippen molar-refractivity contribution in [2.75, 3.05) is 22.7 Å². The molecule has 2 N–H and O–H groups in total. The van der Waals surface area contributed by atoms with E-state index in [9.17, 15) is 22.0 Å². The first-order valence-corrected chi connectivity index (χ1v) is 12.3. The number of benzene rings is 3. The molecule has 1 aromatic heterocycles. The van der Waals surface area contributed by atoms with E-state index in [1.165, 1.54) is 40.8 Å². The molecular formula is C25H20F2N4O3S. The molecule has 35 heavy (non-hydrogen) atoms. The van der Waals surface area contributed by atoms with Crippen molar-refractivity contribution in [3.8, 4) is 11.3 Å². The maximum atomic E-state index is 14.8. The van der Waals surface area contributed by atoms with E-state index in [4.69, 9.17) is 0 Å². The lowest BCUT2D eigenvalue weighted by Gasteiger charge is -2.28. The Labute approximate surface area is 200 Å². The van der Waals surface area contributed by atoms with Gasteiger partial charge in [-0.05, 0) is 48.2 Å². The fraction of sp³-hybridized carbons (Fsp3) is 0.120. The van der Waals surface area contributed by atoms with Crippen LogP contribution in [-0.2, 0) is 10.2 Å². The number of rotatable bonds is 4. The van der Waals surface area contributed by atoms with Crippen LogP contribution in [-0.4, -0.2) is 32.4 Å². The van der Waals surface area contributed by atoms with Gasteiger partial charge in [0.1, 0.15) is 0 Å². The molecule has 4 aromatic rings. The van der Waals surface area contributed by atoms with Crippen LogP contribution < -0.4 is 14.3 Å². The van der Waals surface area contributed by atoms with Gasteiger partial charge >= 0.3 is 10.2 Å². The second-order valence-electron chi connectivity index (χ2n) is 8.03. The van der Waals surface area contributed by atoms with E-state index in [0.29, 0.717) is 30.6 Å². The number of aromatic nitrogens is 1. The topological polar surface area (TPSA) is 91.4 Å². The average Bonchev–Trinajstić information content (AvgIpc) is 2.86. The van der Waals surface area contributed by atoms with Crippen LogP contribution in [0.1, 0.15) is 16.8 Å². The summed E-state index contributed by atoms with van der Waals surface area (Å²) in [5.41, 5.74) is 0.897. The number of hydrogen-bond donors (Lipinski definition) is 2. The first-order valence-electron chi connectivity index (χ1n) is 10.9. The normalized spacial score (nSPS) is 15.2. The van der Waals surface area contributed by atoms with Gasteiger partial charge in [0, 0.05) is 47.6 Å². The summed E-state index contributed by atoms with van der Waals surface area (Å²) in [5, 5.41) is 4.05. The number of carbonyl (C=O) groups is 1. The maximum Gasteiger partial charge on any atom is 0.301 e. The van der Waals surface area contributed by atoms with Gasteiger partial charge in [-0.1, -0.05) is 24.3 Å². The van der Waals surface area contributed by atoms with E-state index in [2.05, 4.69) is 15.0 Å². The average molecular weight is 495 g/mol. The van der Waals surface area contributed by atoms with Gasteiger partial charge in [-0.2, -0.15) is 13.1 Å². The standard InChI is InChI=1S/C25H20F2N4O3S/c26-22-15-18(14-21(23(22)27)24-20-5-2-1-4-16(20)10-12-28-24)30-25(32)17-6-8-19(9-7-17)31-13-3-11-29-35(31,33)34/h1-2,4-10,12,14-15,29H,3,11,13H2,(H,30,32). The molecule has 0 radical (unpaired) electrons. The monoisotopic (exact) mass is 494 g/mol. The van der Waals surface area contributed by atoms with E-state index >= 15 is 0 Å². The van der Waals surface area contributed by atoms with Crippen LogP contribution in [0.2, 0.25) is 0 Å². The quantitative estimate of drug-likeness (QED) is 0.438. The Morgan fingerprint density at radius 1 is 1.03 bits per heavy atom. The highest BCUT2D eigenvalue weighted by atomic mass is 32.2. The molecule has 0 unspecified atom stereocenters. The summed E-state index contributed by atoms with van der Waals surface area (Å²) in [6, 6.07) is 17.2. The molecule has 1 aliphatic heterocycles. The van der Waals surface area contributed by atoms with Gasteiger partial charge < -0.3 is 5.32 Å². The molecular weight excluding hydrogens is 474 g/mol. The molecule has 1 fully saturated rings. The van der Waals surface area contributed by atoms with E-state index in [-0.39, 0.29) is 22.5 Å². The minimum absolute atomic E-state index is 0.0607. The molecule has 1 saturated heterocycles. The van der Waals surface area contributed by atoms with Crippen molar-refractivity contribution < 1.29 is 22.0 Å². The van der Waals surface area contributed by atoms with Gasteiger partial charge in [0.15, 0.2) is 11.6 Å². The highest BCUT2D eigenvalue weighted by Gasteiger charge is 2.25. The lowest BCUT2D eigenvalue weighted by molar-refractivity contribution is 0.102. The Balaban J connectivity index is 1.43. The number of anilines is 2. The first kappa shape index (κ1) is 22.9. The largest absolute Gasteiger partial charge is 0.322 e. The fourth-order valence-electron chi connectivity index (χ4n) is 4.04. The molecule has 0 aliphatic carbocycles. The van der Waals surface area contributed by atoms with Crippen LogP contribution >= 0.6 is 0 Å². The number of nitrogens with one attached hydrogen (secondary N) is 2. The van der Waals surface area contributed by atoms with Crippen LogP contribution in [0.3, 0.4) is 0 Å². The number of carbonyl (C=O) groups excluding carboxylic acids is 1. The van der Waals surface area contributed by atoms with Gasteiger partial charge in [0.2, 0.25) is 0 Å². The van der Waals surface area contributed by atoms with Crippen molar-refractivity contribution in [1.82, 2.24) is 9.71 Å². The van der Waals surface area contributed by atoms with Crippen molar-refractivity contribution in [3.05, 3.63) is 90.1 Å². The Hall–Kier alpha value is -3.89. The predicted molar refractivity (Wildman–Crippen MR) is 130 cm³/mol. The third-order valence-electron chi connectivity index (χ3n) is 5.74. The van der Waals surface area contributed by atoms with Crippen LogP contribution in [0.5, 0.6) is 0 Å². The summed E-state index contributed by atoms with van der Waals surface area (Å²) in [6.45, 7) is 0.713. The number of fused-ring (bicyclic) bond motifs is 1. The molecule has 10 heteroatoms. The highest BCUT2D eigenvalue weighted by Crippen LogP contribution is 2.32. The smallest absolute Gasteiger partial charge is 0.301 e. The van der Waals surface area contributed by atoms with Crippen molar-refractivity contribution >= 4 is 38.3 Å². The zero-order chi connectivity index (χ0) is 24.6. The minimum Gasteiger partial charge on any atom is -0.322 e. The predicted octanol–water partition coefficient (Wildman–Crippen LogP) is 4.48. The SMILES string of the molecule is O=C(Nc1cc(F)c(F)c(-c2nccc3ccccc23)c1)c1ccc(N2CCCNS2(=O)=O)cc1. The zero-order valence-corrected chi connectivity index (χ0v) is 19.1. The Bertz CT molecular complexity index is 1540. The number of pyridine rings is 1. The molecule has 0 saturated carbocycles. The number of nitrogens with zero attached hydrogens (tertiary/aromatic N) is 2. The molecule has 1 amide bonds. The van der Waals surface area contributed by atoms with Crippen LogP contribution in [0.15, 0.2) is 72.9 Å². The minimum atomic E-state index is -3.61. The molecule has 0 atom stereocenters. The Morgan fingerprint density at radius 3 is 2.57 bits per heavy atom. The third kappa shape index (κ3) is 4.45. The molecule has 7 nitrogen and oxygen atoms in total. The third-order valence-corrected chi connectivity index (χ3v) is 7.29. The van der Waals surface area contributed by atoms with Gasteiger partial charge in [-0.3, -0.25) is 14.1 Å². The van der Waals surface area contributed by atoms with Crippen LogP contribution in [0.4, 0.5) is 20.2 Å². The van der Waals surface area contributed by atoms with Gasteiger partial charge in [0.25, 0.3) is 5.91 Å². The van der Waals surface area contributed by atoms with Crippen molar-refractivity contribution in [1.29, 1.82) is 0 Å². The molecule has 5 rings (SSSR count). The van der Waals surface area contributed by atoms with E-state index < -0.39 is 27.8 Å². The summed E-state index contributed by atoms with van der Waals surface area (Å²) in [7, 11) is -3.61. The summed E-state index contributed by atoms with van der Waals surface area (Å²) >= 11 is 0. The second-order valence-corrected chi connectivity index (χ2v) is 9.71. The Kier molecular flexibility index (Phi) is 5.91. The maximum absolute atomic E-state index is 14.8. The second kappa shape index (κ2) is 9.05. The molecule has 1 aliphatic rings. The molecule has 0 spiro atoms. The van der Waals surface area contributed by atoms with Gasteiger partial charge in [0.05, 0.1) is 11.4 Å². The number of hydrogen-bond acceptors (Lipinski definition) is 4. The first-order chi connectivity index (χ1) is 16.8. The van der Waals surface area contributed by atoms with E-state index in [0.717, 1.165) is 11.5 Å². The van der Waals surface area contributed by atoms with E-state index in [1.54, 1.807) is 18.2 Å². The molecule has 178 valence electrons. The highest BCUT2D eigenvalue weighted by molar-refractivity contribution is 7.90. The van der Waals surface area contributed by atoms with Crippen molar-refractivity contribution in [2.24, 2.45) is 0 Å². The lowest BCUT2D eigenvalue weighted by atomic mass is 10.0. The van der Waals surface area contributed by atoms with E-state index in [1.807, 2.05) is 12.1 Å². The molecule has 2 heterocycles. The van der Waals surface area contributed by atoms with Gasteiger partial charge in [-0.25, -0.2) is 8.78 Å². The van der Waals surface area contributed by atoms with Crippen molar-refractivity contribution in [2.45, 2.75) is 6.42 Å². The van der Waals surface area contributed by atoms with Crippen LogP contribution in [0, 0.1) is 11.6 Å².